The van der Waals surface area contributed by atoms with E-state index in [0.717, 1.165) is 20.9 Å². The van der Waals surface area contributed by atoms with Crippen LogP contribution in [0.1, 0.15) is 15.2 Å². The molecule has 0 aliphatic heterocycles. The minimum Gasteiger partial charge on any atom is -0.422 e. The van der Waals surface area contributed by atoms with E-state index in [-0.39, 0.29) is 5.75 Å². The van der Waals surface area contributed by atoms with Crippen LogP contribution in [0, 0.1) is 0 Å². The first-order chi connectivity index (χ1) is 18.0. The second-order valence-corrected chi connectivity index (χ2v) is 9.31. The third-order valence-electron chi connectivity index (χ3n) is 5.41. The van der Waals surface area contributed by atoms with Crippen LogP contribution in [-0.4, -0.2) is 24.0 Å². The normalized spacial score (nSPS) is 11.1. The molecule has 0 unspecified atom stereocenters. The Kier molecular flexibility index (Phi) is 6.93. The molecule has 5 aromatic rings. The minimum absolute atomic E-state index is 0.280. The van der Waals surface area contributed by atoms with Gasteiger partial charge in [0.05, 0.1) is 11.2 Å². The van der Waals surface area contributed by atoms with Crippen LogP contribution >= 0.6 is 22.9 Å². The number of fused-ring (bicyclic) bond motifs is 2. The first kappa shape index (κ1) is 24.2. The number of anilines is 1. The Morgan fingerprint density at radius 2 is 1.57 bits per heavy atom. The van der Waals surface area contributed by atoms with Crippen molar-refractivity contribution >= 4 is 73.5 Å². The maximum absolute atomic E-state index is 12.7. The van der Waals surface area contributed by atoms with E-state index >= 15 is 0 Å². The number of thiophene rings is 1. The van der Waals surface area contributed by atoms with Crippen molar-refractivity contribution in [1.82, 2.24) is 5.43 Å². The fourth-order valence-corrected chi connectivity index (χ4v) is 5.07. The molecule has 0 aliphatic carbocycles. The van der Waals surface area contributed by atoms with Crippen LogP contribution in [0.2, 0.25) is 5.02 Å². The summed E-state index contributed by atoms with van der Waals surface area (Å²) < 4.78 is 6.38. The first-order valence-electron chi connectivity index (χ1n) is 11.1. The molecule has 182 valence electrons. The monoisotopic (exact) mass is 527 g/mol. The maximum atomic E-state index is 12.7. The van der Waals surface area contributed by atoms with E-state index in [0.29, 0.717) is 21.2 Å². The SMILES string of the molecule is O=C(N/N=C/c1cccc(OC(=O)c2sc3ccccc3c2Cl)c1)C(=O)Nc1cccc2ccccc12. The molecule has 0 saturated carbocycles. The molecule has 0 atom stereocenters. The molecule has 2 amide bonds. The molecule has 0 spiro atoms. The van der Waals surface area contributed by atoms with Gasteiger partial charge in [-0.15, -0.1) is 11.3 Å². The van der Waals surface area contributed by atoms with E-state index in [9.17, 15) is 14.4 Å². The van der Waals surface area contributed by atoms with Crippen LogP contribution in [0.25, 0.3) is 20.9 Å². The lowest BCUT2D eigenvalue weighted by Crippen LogP contribution is -2.32. The lowest BCUT2D eigenvalue weighted by atomic mass is 10.1. The van der Waals surface area contributed by atoms with Crippen LogP contribution in [0.3, 0.4) is 0 Å². The van der Waals surface area contributed by atoms with E-state index in [2.05, 4.69) is 15.8 Å². The lowest BCUT2D eigenvalue weighted by molar-refractivity contribution is -0.136. The standard InChI is InChI=1S/C28H18ClN3O4S/c29-24-21-12-3-4-14-23(21)37-25(24)28(35)36-19-10-5-7-17(15-19)16-30-32-27(34)26(33)31-22-13-6-9-18-8-1-2-11-20(18)22/h1-16H,(H,31,33)(H,32,34)/b30-16+. The fraction of sp³-hybridized carbons (Fsp3) is 0. The third kappa shape index (κ3) is 5.35. The zero-order chi connectivity index (χ0) is 25.8. The predicted molar refractivity (Wildman–Crippen MR) is 147 cm³/mol. The number of halogens is 1. The summed E-state index contributed by atoms with van der Waals surface area (Å²) in [5.41, 5.74) is 3.27. The Labute approximate surface area is 220 Å². The zero-order valence-corrected chi connectivity index (χ0v) is 20.7. The van der Waals surface area contributed by atoms with E-state index in [4.69, 9.17) is 16.3 Å². The second kappa shape index (κ2) is 10.6. The number of hydrazone groups is 1. The highest BCUT2D eigenvalue weighted by Crippen LogP contribution is 2.35. The number of hydrogen-bond acceptors (Lipinski definition) is 6. The Morgan fingerprint density at radius 3 is 2.41 bits per heavy atom. The molecule has 2 N–H and O–H groups in total. The van der Waals surface area contributed by atoms with Gasteiger partial charge in [0.2, 0.25) is 0 Å². The van der Waals surface area contributed by atoms with Gasteiger partial charge in [-0.05, 0) is 35.2 Å². The van der Waals surface area contributed by atoms with Gasteiger partial charge in [-0.2, -0.15) is 5.10 Å². The van der Waals surface area contributed by atoms with Crippen molar-refractivity contribution in [2.24, 2.45) is 5.10 Å². The second-order valence-electron chi connectivity index (χ2n) is 7.88. The number of carbonyl (C=O) groups excluding carboxylic acids is 3. The molecule has 0 aliphatic rings. The van der Waals surface area contributed by atoms with Crippen molar-refractivity contribution in [2.45, 2.75) is 0 Å². The third-order valence-corrected chi connectivity index (χ3v) is 7.07. The van der Waals surface area contributed by atoms with Gasteiger partial charge in [0.15, 0.2) is 0 Å². The first-order valence-corrected chi connectivity index (χ1v) is 12.3. The summed E-state index contributed by atoms with van der Waals surface area (Å²) in [7, 11) is 0. The quantitative estimate of drug-likeness (QED) is 0.0960. The highest BCUT2D eigenvalue weighted by atomic mass is 35.5. The largest absolute Gasteiger partial charge is 0.422 e. The Bertz CT molecular complexity index is 1690. The average molecular weight is 528 g/mol. The number of ether oxygens (including phenoxy) is 1. The zero-order valence-electron chi connectivity index (χ0n) is 19.1. The summed E-state index contributed by atoms with van der Waals surface area (Å²) in [4.78, 5) is 37.6. The van der Waals surface area contributed by atoms with Gasteiger partial charge in [-0.1, -0.05) is 78.3 Å². The molecule has 37 heavy (non-hydrogen) atoms. The van der Waals surface area contributed by atoms with Crippen molar-refractivity contribution in [3.05, 3.63) is 106 Å². The number of nitrogens with zero attached hydrogens (tertiary/aromatic N) is 1. The summed E-state index contributed by atoms with van der Waals surface area (Å²) in [6.07, 6.45) is 1.34. The van der Waals surface area contributed by atoms with Gasteiger partial charge < -0.3 is 10.1 Å². The van der Waals surface area contributed by atoms with Crippen molar-refractivity contribution in [2.75, 3.05) is 5.32 Å². The molecule has 5 rings (SSSR count). The predicted octanol–water partition coefficient (Wildman–Crippen LogP) is 6.02. The topological polar surface area (TPSA) is 96.9 Å². The van der Waals surface area contributed by atoms with Crippen LogP contribution in [-0.2, 0) is 9.59 Å². The molecule has 9 heteroatoms. The summed E-state index contributed by atoms with van der Waals surface area (Å²) in [6.45, 7) is 0. The number of benzene rings is 4. The number of amides is 2. The van der Waals surface area contributed by atoms with E-state index in [1.807, 2.05) is 54.6 Å². The molecular formula is C28H18ClN3O4S. The number of hydrogen-bond donors (Lipinski definition) is 2. The molecule has 0 fully saturated rings. The van der Waals surface area contributed by atoms with Gasteiger partial charge in [0.25, 0.3) is 0 Å². The summed E-state index contributed by atoms with van der Waals surface area (Å²) in [6, 6.07) is 27.0. The molecule has 1 aromatic heterocycles. The van der Waals surface area contributed by atoms with E-state index in [1.165, 1.54) is 17.6 Å². The smallest absolute Gasteiger partial charge is 0.355 e. The summed E-state index contributed by atoms with van der Waals surface area (Å²) in [5, 5.41) is 9.35. The number of rotatable bonds is 5. The van der Waals surface area contributed by atoms with Crippen LogP contribution in [0.4, 0.5) is 5.69 Å². The van der Waals surface area contributed by atoms with Crippen LogP contribution < -0.4 is 15.5 Å². The summed E-state index contributed by atoms with van der Waals surface area (Å²) >= 11 is 7.63. The van der Waals surface area contributed by atoms with Crippen molar-refractivity contribution in [3.63, 3.8) is 0 Å². The van der Waals surface area contributed by atoms with E-state index in [1.54, 1.807) is 36.4 Å². The molecular weight excluding hydrogens is 510 g/mol. The fourth-order valence-electron chi connectivity index (χ4n) is 3.69. The summed E-state index contributed by atoms with van der Waals surface area (Å²) in [5.74, 6) is -2.07. The Balaban J connectivity index is 1.21. The maximum Gasteiger partial charge on any atom is 0.355 e. The van der Waals surface area contributed by atoms with Crippen LogP contribution in [0.15, 0.2) is 96.1 Å². The molecule has 7 nitrogen and oxygen atoms in total. The molecule has 0 bridgehead atoms. The minimum atomic E-state index is -0.925. The molecule has 0 radical (unpaired) electrons. The lowest BCUT2D eigenvalue weighted by Gasteiger charge is -2.07. The van der Waals surface area contributed by atoms with Gasteiger partial charge in [0, 0.05) is 21.2 Å². The van der Waals surface area contributed by atoms with Crippen molar-refractivity contribution in [1.29, 1.82) is 0 Å². The van der Waals surface area contributed by atoms with E-state index < -0.39 is 17.8 Å². The number of esters is 1. The molecule has 0 saturated heterocycles. The molecule has 4 aromatic carbocycles. The highest BCUT2D eigenvalue weighted by Gasteiger charge is 2.19. The van der Waals surface area contributed by atoms with Gasteiger partial charge in [-0.25, -0.2) is 10.2 Å². The number of nitrogens with one attached hydrogen (secondary N) is 2. The van der Waals surface area contributed by atoms with Gasteiger partial charge in [0.1, 0.15) is 10.6 Å². The highest BCUT2D eigenvalue weighted by molar-refractivity contribution is 7.21. The average Bonchev–Trinajstić information content (AvgIpc) is 3.25. The number of carbonyl (C=O) groups is 3. The van der Waals surface area contributed by atoms with Crippen molar-refractivity contribution in [3.8, 4) is 5.75 Å². The van der Waals surface area contributed by atoms with Gasteiger partial charge in [-0.3, -0.25) is 9.59 Å². The van der Waals surface area contributed by atoms with Gasteiger partial charge >= 0.3 is 17.8 Å². The van der Waals surface area contributed by atoms with Crippen molar-refractivity contribution < 1.29 is 19.1 Å². The van der Waals surface area contributed by atoms with Crippen LogP contribution in [0.5, 0.6) is 5.75 Å². The Hall–Kier alpha value is -4.53. The molecule has 1 heterocycles. The Morgan fingerprint density at radius 1 is 0.838 bits per heavy atom.